The summed E-state index contributed by atoms with van der Waals surface area (Å²) < 4.78 is 5.93. The van der Waals surface area contributed by atoms with E-state index < -0.39 is 18.2 Å². The maximum Gasteiger partial charge on any atom is 0.306 e. The second-order valence-corrected chi connectivity index (χ2v) is 18.3. The molecule has 0 radical (unpaired) electrons. The fraction of sp³-hybridized carbons (Fsp3) is 0.789. The fourth-order valence-electron chi connectivity index (χ4n) is 8.08. The van der Waals surface area contributed by atoms with Crippen molar-refractivity contribution in [1.82, 2.24) is 5.32 Å². The Kier molecular flexibility index (Phi) is 48.6. The quantitative estimate of drug-likeness (QED) is 0.0245. The average molecular weight is 882 g/mol. The van der Waals surface area contributed by atoms with Gasteiger partial charge in [-0.3, -0.25) is 9.59 Å². The Hall–Kier alpha value is -2.44. The van der Waals surface area contributed by atoms with Crippen molar-refractivity contribution in [3.8, 4) is 0 Å². The molecule has 1 amide bonds. The van der Waals surface area contributed by atoms with Gasteiger partial charge in [-0.15, -0.1) is 0 Å². The van der Waals surface area contributed by atoms with Gasteiger partial charge >= 0.3 is 5.97 Å². The minimum Gasteiger partial charge on any atom is -0.462 e. The number of carbonyl (C=O) groups excluding carboxylic acids is 2. The maximum absolute atomic E-state index is 13.2. The van der Waals surface area contributed by atoms with Crippen molar-refractivity contribution in [3.05, 3.63) is 60.8 Å². The van der Waals surface area contributed by atoms with Crippen LogP contribution in [0, 0.1) is 0 Å². The Balaban J connectivity index is 4.56. The molecule has 0 spiro atoms. The van der Waals surface area contributed by atoms with E-state index in [0.29, 0.717) is 19.3 Å². The van der Waals surface area contributed by atoms with Gasteiger partial charge in [0.2, 0.25) is 5.91 Å². The van der Waals surface area contributed by atoms with Crippen LogP contribution in [0.3, 0.4) is 0 Å². The molecule has 63 heavy (non-hydrogen) atoms. The number of allylic oxidation sites excluding steroid dienone is 10. The van der Waals surface area contributed by atoms with Gasteiger partial charge in [0.1, 0.15) is 6.10 Å². The normalized spacial score (nSPS) is 13.7. The summed E-state index contributed by atoms with van der Waals surface area (Å²) in [4.78, 5) is 26.2. The SMILES string of the molecule is CC/C=C/C=C/C=C/C=C\CCCCCC(CC(=O)NC(CO)C(O)CCCCCCCCCCCCCC)OC(=O)CCCCCCCCCCC/C=C/CCCCCCCC. The molecule has 6 nitrogen and oxygen atoms in total. The van der Waals surface area contributed by atoms with Crippen LogP contribution < -0.4 is 5.32 Å². The molecule has 3 N–H and O–H groups in total. The molecule has 0 aromatic heterocycles. The lowest BCUT2D eigenvalue weighted by Gasteiger charge is -2.24. The standard InChI is InChI=1S/C57H103NO5/c1-4-7-10-13-16-19-22-25-26-27-28-29-30-32-35-38-41-44-47-50-57(62)63-53(48-45-42-39-36-33-31-23-20-17-14-11-8-5-2)51-56(61)58-54(52-59)55(60)49-46-43-40-37-34-24-21-18-15-12-9-6-3/h8,11,14,17,20,23,25-26,31,33,53-55,59-60H,4-7,9-10,12-13,15-16,18-19,21-22,24,27-30,32,34-52H2,1-3H3,(H,58,61)/b11-8+,17-14+,23-20+,26-25+,33-31-. The van der Waals surface area contributed by atoms with Gasteiger partial charge in [-0.1, -0.05) is 242 Å². The van der Waals surface area contributed by atoms with Crippen LogP contribution in [-0.4, -0.2) is 46.9 Å². The number of hydrogen-bond donors (Lipinski definition) is 3. The Morgan fingerprint density at radius 1 is 0.476 bits per heavy atom. The van der Waals surface area contributed by atoms with Gasteiger partial charge in [0.25, 0.3) is 0 Å². The van der Waals surface area contributed by atoms with Crippen molar-refractivity contribution in [1.29, 1.82) is 0 Å². The van der Waals surface area contributed by atoms with Crippen molar-refractivity contribution >= 4 is 11.9 Å². The fourth-order valence-corrected chi connectivity index (χ4v) is 8.08. The van der Waals surface area contributed by atoms with Crippen LogP contribution in [0.4, 0.5) is 0 Å². The highest BCUT2D eigenvalue weighted by atomic mass is 16.5. The van der Waals surface area contributed by atoms with Crippen molar-refractivity contribution < 1.29 is 24.5 Å². The van der Waals surface area contributed by atoms with Crippen LogP contribution in [0.5, 0.6) is 0 Å². The number of aliphatic hydroxyl groups excluding tert-OH is 2. The second-order valence-electron chi connectivity index (χ2n) is 18.3. The van der Waals surface area contributed by atoms with Crippen LogP contribution in [0.25, 0.3) is 0 Å². The van der Waals surface area contributed by atoms with Gasteiger partial charge in [-0.2, -0.15) is 0 Å². The van der Waals surface area contributed by atoms with Crippen molar-refractivity contribution in [3.63, 3.8) is 0 Å². The number of ether oxygens (including phenoxy) is 1. The summed E-state index contributed by atoms with van der Waals surface area (Å²) in [5.74, 6) is -0.511. The molecule has 0 rings (SSSR count). The number of rotatable bonds is 48. The van der Waals surface area contributed by atoms with Gasteiger partial charge in [0, 0.05) is 6.42 Å². The van der Waals surface area contributed by atoms with E-state index in [9.17, 15) is 19.8 Å². The van der Waals surface area contributed by atoms with Crippen molar-refractivity contribution in [2.75, 3.05) is 6.61 Å². The zero-order valence-electron chi connectivity index (χ0n) is 41.7. The lowest BCUT2D eigenvalue weighted by molar-refractivity contribution is -0.151. The number of aliphatic hydroxyl groups is 2. The van der Waals surface area contributed by atoms with Gasteiger partial charge in [0.05, 0.1) is 25.2 Å². The summed E-state index contributed by atoms with van der Waals surface area (Å²) in [6.45, 7) is 6.34. The predicted molar refractivity (Wildman–Crippen MR) is 273 cm³/mol. The number of esters is 1. The average Bonchev–Trinajstić information content (AvgIpc) is 3.28. The number of nitrogens with one attached hydrogen (secondary N) is 1. The van der Waals surface area contributed by atoms with Crippen LogP contribution >= 0.6 is 0 Å². The third-order valence-corrected chi connectivity index (χ3v) is 12.2. The number of unbranched alkanes of at least 4 members (excludes halogenated alkanes) is 29. The van der Waals surface area contributed by atoms with Crippen LogP contribution in [0.1, 0.15) is 265 Å². The summed E-state index contributed by atoms with van der Waals surface area (Å²) >= 11 is 0. The van der Waals surface area contributed by atoms with Gasteiger partial charge < -0.3 is 20.3 Å². The molecule has 0 aliphatic rings. The highest BCUT2D eigenvalue weighted by Crippen LogP contribution is 2.18. The molecule has 0 saturated heterocycles. The molecule has 0 aromatic rings. The Morgan fingerprint density at radius 2 is 0.873 bits per heavy atom. The zero-order valence-corrected chi connectivity index (χ0v) is 41.7. The van der Waals surface area contributed by atoms with E-state index in [2.05, 4.69) is 62.5 Å². The summed E-state index contributed by atoms with van der Waals surface area (Å²) in [6, 6.07) is -0.715. The monoisotopic (exact) mass is 882 g/mol. The number of carbonyl (C=O) groups is 2. The number of amides is 1. The number of hydrogen-bond acceptors (Lipinski definition) is 5. The lowest BCUT2D eigenvalue weighted by atomic mass is 10.0. The van der Waals surface area contributed by atoms with E-state index in [4.69, 9.17) is 4.74 Å². The topological polar surface area (TPSA) is 95.9 Å². The molecule has 0 saturated carbocycles. The first-order chi connectivity index (χ1) is 31.0. The Morgan fingerprint density at radius 3 is 1.37 bits per heavy atom. The van der Waals surface area contributed by atoms with Gasteiger partial charge in [0.15, 0.2) is 0 Å². The largest absolute Gasteiger partial charge is 0.462 e. The first kappa shape index (κ1) is 60.6. The minimum atomic E-state index is -0.799. The molecule has 0 aromatic carbocycles. The minimum absolute atomic E-state index is 0.0503. The van der Waals surface area contributed by atoms with E-state index >= 15 is 0 Å². The van der Waals surface area contributed by atoms with Crippen LogP contribution in [-0.2, 0) is 14.3 Å². The highest BCUT2D eigenvalue weighted by Gasteiger charge is 2.24. The molecule has 3 atom stereocenters. The lowest BCUT2D eigenvalue weighted by Crippen LogP contribution is -2.46. The molecule has 0 fully saturated rings. The van der Waals surface area contributed by atoms with Crippen molar-refractivity contribution in [2.24, 2.45) is 0 Å². The van der Waals surface area contributed by atoms with E-state index in [-0.39, 0.29) is 24.9 Å². The molecular weight excluding hydrogens is 779 g/mol. The third kappa shape index (κ3) is 45.9. The molecule has 0 bridgehead atoms. The summed E-state index contributed by atoms with van der Waals surface area (Å²) in [7, 11) is 0. The Bertz CT molecular complexity index is 1130. The van der Waals surface area contributed by atoms with E-state index in [1.165, 1.54) is 148 Å². The highest BCUT2D eigenvalue weighted by molar-refractivity contribution is 5.77. The molecule has 366 valence electrons. The Labute approximate surface area is 390 Å². The predicted octanol–water partition coefficient (Wildman–Crippen LogP) is 16.4. The second kappa shape index (κ2) is 50.6. The molecule has 0 aliphatic carbocycles. The molecule has 3 unspecified atom stereocenters. The molecule has 6 heteroatoms. The molecular formula is C57H103NO5. The maximum atomic E-state index is 13.2. The van der Waals surface area contributed by atoms with E-state index in [1.807, 2.05) is 24.3 Å². The first-order valence-corrected chi connectivity index (χ1v) is 27.1. The first-order valence-electron chi connectivity index (χ1n) is 27.1. The summed E-state index contributed by atoms with van der Waals surface area (Å²) in [5, 5.41) is 23.8. The van der Waals surface area contributed by atoms with Crippen LogP contribution in [0.15, 0.2) is 60.8 Å². The smallest absolute Gasteiger partial charge is 0.306 e. The van der Waals surface area contributed by atoms with E-state index in [1.54, 1.807) is 0 Å². The summed E-state index contributed by atoms with van der Waals surface area (Å²) in [6.07, 6.45) is 62.9. The van der Waals surface area contributed by atoms with Crippen LogP contribution in [0.2, 0.25) is 0 Å². The third-order valence-electron chi connectivity index (χ3n) is 12.2. The zero-order chi connectivity index (χ0) is 45.9. The molecule has 0 aliphatic heterocycles. The van der Waals surface area contributed by atoms with Gasteiger partial charge in [-0.05, 0) is 70.6 Å². The van der Waals surface area contributed by atoms with Crippen molar-refractivity contribution in [2.45, 2.75) is 283 Å². The van der Waals surface area contributed by atoms with Gasteiger partial charge in [-0.25, -0.2) is 0 Å². The summed E-state index contributed by atoms with van der Waals surface area (Å²) in [5.41, 5.74) is 0. The molecule has 0 heterocycles. The van der Waals surface area contributed by atoms with E-state index in [0.717, 1.165) is 70.6 Å².